The molecule has 6 heteroatoms. The predicted molar refractivity (Wildman–Crippen MR) is 98.7 cm³/mol. The van der Waals surface area contributed by atoms with Gasteiger partial charge >= 0.3 is 0 Å². The Balaban J connectivity index is 1.76. The second-order valence-corrected chi connectivity index (χ2v) is 6.76. The number of benzene rings is 2. The van der Waals surface area contributed by atoms with Crippen molar-refractivity contribution in [3.8, 4) is 5.75 Å². The second-order valence-electron chi connectivity index (χ2n) is 5.06. The molecule has 0 aliphatic rings. The van der Waals surface area contributed by atoms with E-state index in [1.54, 1.807) is 18.2 Å². The zero-order chi connectivity index (χ0) is 16.8. The largest absolute Gasteiger partial charge is 0.492 e. The predicted octanol–water partition coefficient (Wildman–Crippen LogP) is 5.86. The number of nitrogens with one attached hydrogen (secondary N) is 1. The summed E-state index contributed by atoms with van der Waals surface area (Å²) in [6, 6.07) is 10.8. The molecule has 23 heavy (non-hydrogen) atoms. The van der Waals surface area contributed by atoms with Gasteiger partial charge in [0, 0.05) is 11.4 Å². The molecule has 0 atom stereocenters. The quantitative estimate of drug-likeness (QED) is 0.598. The number of ether oxygens (including phenoxy) is 1. The van der Waals surface area contributed by atoms with Gasteiger partial charge in [-0.05, 0) is 65.2 Å². The molecule has 3 nitrogen and oxygen atoms in total. The third kappa shape index (κ3) is 5.72. The maximum atomic E-state index is 11.9. The monoisotopic (exact) mass is 415 g/mol. The molecular formula is C17H16BrCl2NO2. The molecule has 0 aromatic heterocycles. The molecule has 1 amide bonds. The molecule has 0 heterocycles. The summed E-state index contributed by atoms with van der Waals surface area (Å²) < 4.78 is 6.57. The summed E-state index contributed by atoms with van der Waals surface area (Å²) in [6.07, 6.45) is 0.958. The van der Waals surface area contributed by atoms with Crippen LogP contribution in [0.2, 0.25) is 10.0 Å². The highest BCUT2D eigenvalue weighted by Crippen LogP contribution is 2.26. The molecule has 0 spiro atoms. The first-order valence-electron chi connectivity index (χ1n) is 7.09. The number of amides is 1. The van der Waals surface area contributed by atoms with Gasteiger partial charge in [-0.3, -0.25) is 4.79 Å². The smallest absolute Gasteiger partial charge is 0.224 e. The van der Waals surface area contributed by atoms with Crippen molar-refractivity contribution < 1.29 is 9.53 Å². The number of carbonyl (C=O) groups excluding carboxylic acids is 1. The number of anilines is 1. The Morgan fingerprint density at radius 2 is 2.00 bits per heavy atom. The lowest BCUT2D eigenvalue weighted by atomic mass is 10.2. The fraction of sp³-hybridized carbons (Fsp3) is 0.235. The lowest BCUT2D eigenvalue weighted by molar-refractivity contribution is -0.116. The Morgan fingerprint density at radius 1 is 1.22 bits per heavy atom. The summed E-state index contributed by atoms with van der Waals surface area (Å²) in [5, 5.41) is 3.72. The third-order valence-corrected chi connectivity index (χ3v) is 4.27. The van der Waals surface area contributed by atoms with Crippen LogP contribution >= 0.6 is 39.1 Å². The molecule has 0 saturated carbocycles. The summed E-state index contributed by atoms with van der Waals surface area (Å²) in [6.45, 7) is 2.48. The van der Waals surface area contributed by atoms with Gasteiger partial charge in [-0.25, -0.2) is 0 Å². The Kier molecular flexibility index (Phi) is 6.75. The van der Waals surface area contributed by atoms with Gasteiger partial charge in [0.15, 0.2) is 0 Å². The maximum Gasteiger partial charge on any atom is 0.224 e. The lowest BCUT2D eigenvalue weighted by Gasteiger charge is -2.10. The molecule has 0 saturated heterocycles. The first-order chi connectivity index (χ1) is 11.0. The van der Waals surface area contributed by atoms with Gasteiger partial charge in [0.05, 0.1) is 21.8 Å². The summed E-state index contributed by atoms with van der Waals surface area (Å²) in [5.74, 6) is 0.664. The SMILES string of the molecule is Cc1ccc(OCCCC(=O)Nc2ccc(Cl)cc2Cl)c(Br)c1. The molecule has 1 N–H and O–H groups in total. The highest BCUT2D eigenvalue weighted by molar-refractivity contribution is 9.10. The minimum absolute atomic E-state index is 0.110. The Morgan fingerprint density at radius 3 is 2.70 bits per heavy atom. The number of carbonyl (C=O) groups is 1. The first-order valence-corrected chi connectivity index (χ1v) is 8.64. The van der Waals surface area contributed by atoms with Crippen LogP contribution in [0.3, 0.4) is 0 Å². The van der Waals surface area contributed by atoms with E-state index in [2.05, 4.69) is 21.2 Å². The van der Waals surface area contributed by atoms with Crippen LogP contribution in [0.1, 0.15) is 18.4 Å². The van der Waals surface area contributed by atoms with Crippen molar-refractivity contribution in [1.29, 1.82) is 0 Å². The normalized spacial score (nSPS) is 10.4. The molecule has 2 aromatic rings. The fourth-order valence-electron chi connectivity index (χ4n) is 1.94. The molecule has 0 aliphatic heterocycles. The van der Waals surface area contributed by atoms with E-state index in [0.29, 0.717) is 35.2 Å². The lowest BCUT2D eigenvalue weighted by Crippen LogP contribution is -2.13. The first kappa shape index (κ1) is 18.1. The van der Waals surface area contributed by atoms with Crippen LogP contribution in [0.4, 0.5) is 5.69 Å². The van der Waals surface area contributed by atoms with Gasteiger partial charge in [-0.1, -0.05) is 29.3 Å². The van der Waals surface area contributed by atoms with Gasteiger partial charge in [0.2, 0.25) is 5.91 Å². The van der Waals surface area contributed by atoms with Crippen molar-refractivity contribution in [1.82, 2.24) is 0 Å². The number of halogens is 3. The second kappa shape index (κ2) is 8.57. The molecular weight excluding hydrogens is 401 g/mol. The van der Waals surface area contributed by atoms with Crippen LogP contribution in [0, 0.1) is 6.92 Å². The van der Waals surface area contributed by atoms with Crippen LogP contribution in [0.25, 0.3) is 0 Å². The van der Waals surface area contributed by atoms with E-state index in [0.717, 1.165) is 15.8 Å². The van der Waals surface area contributed by atoms with Gasteiger partial charge in [-0.2, -0.15) is 0 Å². The number of aryl methyl sites for hydroxylation is 1. The molecule has 2 rings (SSSR count). The number of hydrogen-bond donors (Lipinski definition) is 1. The van der Waals surface area contributed by atoms with Crippen LogP contribution in [0.15, 0.2) is 40.9 Å². The zero-order valence-electron chi connectivity index (χ0n) is 12.5. The van der Waals surface area contributed by atoms with Crippen molar-refractivity contribution >= 4 is 50.7 Å². The van der Waals surface area contributed by atoms with E-state index < -0.39 is 0 Å². The van der Waals surface area contributed by atoms with Crippen molar-refractivity contribution in [3.63, 3.8) is 0 Å². The van der Waals surface area contributed by atoms with Crippen molar-refractivity contribution in [2.45, 2.75) is 19.8 Å². The topological polar surface area (TPSA) is 38.3 Å². The van der Waals surface area contributed by atoms with Gasteiger partial charge in [-0.15, -0.1) is 0 Å². The molecule has 0 unspecified atom stereocenters. The number of hydrogen-bond acceptors (Lipinski definition) is 2. The van der Waals surface area contributed by atoms with E-state index in [1.165, 1.54) is 0 Å². The highest BCUT2D eigenvalue weighted by Gasteiger charge is 2.07. The zero-order valence-corrected chi connectivity index (χ0v) is 15.6. The molecule has 0 aliphatic carbocycles. The van der Waals surface area contributed by atoms with Gasteiger partial charge in [0.25, 0.3) is 0 Å². The number of rotatable bonds is 6. The molecule has 2 aromatic carbocycles. The maximum absolute atomic E-state index is 11.9. The van der Waals surface area contributed by atoms with Gasteiger partial charge in [0.1, 0.15) is 5.75 Å². The standard InChI is InChI=1S/C17H16BrCl2NO2/c1-11-4-7-16(13(18)9-11)23-8-2-3-17(22)21-15-6-5-12(19)10-14(15)20/h4-7,9-10H,2-3,8H2,1H3,(H,21,22). The summed E-state index contributed by atoms with van der Waals surface area (Å²) in [7, 11) is 0. The molecule has 0 fully saturated rings. The van der Waals surface area contributed by atoms with E-state index in [9.17, 15) is 4.79 Å². The average molecular weight is 417 g/mol. The van der Waals surface area contributed by atoms with Crippen LogP contribution in [0.5, 0.6) is 5.75 Å². The van der Waals surface area contributed by atoms with Crippen molar-refractivity contribution in [2.75, 3.05) is 11.9 Å². The third-order valence-electron chi connectivity index (χ3n) is 3.10. The van der Waals surface area contributed by atoms with Crippen molar-refractivity contribution in [2.24, 2.45) is 0 Å². The average Bonchev–Trinajstić information content (AvgIpc) is 2.48. The summed E-state index contributed by atoms with van der Waals surface area (Å²) in [4.78, 5) is 11.9. The minimum Gasteiger partial charge on any atom is -0.492 e. The van der Waals surface area contributed by atoms with Crippen LogP contribution in [-0.4, -0.2) is 12.5 Å². The minimum atomic E-state index is -0.110. The van der Waals surface area contributed by atoms with E-state index in [-0.39, 0.29) is 5.91 Å². The fourth-order valence-corrected chi connectivity index (χ4v) is 3.00. The Labute approximate surface area is 154 Å². The van der Waals surface area contributed by atoms with Crippen LogP contribution < -0.4 is 10.1 Å². The van der Waals surface area contributed by atoms with E-state index >= 15 is 0 Å². The Hall–Kier alpha value is -1.23. The summed E-state index contributed by atoms with van der Waals surface area (Å²) in [5.41, 5.74) is 1.71. The van der Waals surface area contributed by atoms with E-state index in [4.69, 9.17) is 27.9 Å². The summed E-state index contributed by atoms with van der Waals surface area (Å²) >= 11 is 15.3. The highest BCUT2D eigenvalue weighted by atomic mass is 79.9. The van der Waals surface area contributed by atoms with Crippen LogP contribution in [-0.2, 0) is 4.79 Å². The Bertz CT molecular complexity index is 707. The molecule has 122 valence electrons. The van der Waals surface area contributed by atoms with Crippen molar-refractivity contribution in [3.05, 3.63) is 56.5 Å². The molecule has 0 radical (unpaired) electrons. The van der Waals surface area contributed by atoms with E-state index in [1.807, 2.05) is 25.1 Å². The molecule has 0 bridgehead atoms. The van der Waals surface area contributed by atoms with Gasteiger partial charge < -0.3 is 10.1 Å².